The van der Waals surface area contributed by atoms with Gasteiger partial charge in [0.1, 0.15) is 23.0 Å². The lowest BCUT2D eigenvalue weighted by Crippen LogP contribution is -2.20. The largest absolute Gasteiger partial charge is 0.456 e. The molecule has 2 N–H and O–H groups in total. The second-order valence-electron chi connectivity index (χ2n) is 7.27. The number of nitrogen functional groups attached to an aromatic ring is 1. The molecule has 2 atom stereocenters. The maximum absolute atomic E-state index is 13.0. The van der Waals surface area contributed by atoms with Crippen LogP contribution in [-0.2, 0) is 9.47 Å². The molecule has 0 aliphatic carbocycles. The van der Waals surface area contributed by atoms with Crippen molar-refractivity contribution in [1.29, 1.82) is 0 Å². The summed E-state index contributed by atoms with van der Waals surface area (Å²) in [5.41, 5.74) is 10.2. The van der Waals surface area contributed by atoms with Crippen molar-refractivity contribution in [2.24, 2.45) is 0 Å². The van der Waals surface area contributed by atoms with Crippen molar-refractivity contribution >= 4 is 34.0 Å². The molecule has 0 amide bonds. The second-order valence-corrected chi connectivity index (χ2v) is 7.27. The Labute approximate surface area is 174 Å². The molecule has 7 heteroatoms. The minimum atomic E-state index is -0.536. The van der Waals surface area contributed by atoms with Gasteiger partial charge in [0.15, 0.2) is 5.65 Å². The van der Waals surface area contributed by atoms with E-state index in [-0.39, 0.29) is 17.4 Å². The molecule has 2 heterocycles. The first-order valence-electron chi connectivity index (χ1n) is 9.82. The molecule has 4 aromatic rings. The predicted molar refractivity (Wildman–Crippen MR) is 116 cm³/mol. The van der Waals surface area contributed by atoms with Gasteiger partial charge in [0.25, 0.3) is 0 Å². The van der Waals surface area contributed by atoms with Crippen molar-refractivity contribution in [2.45, 2.75) is 26.0 Å². The summed E-state index contributed by atoms with van der Waals surface area (Å²) in [6, 6.07) is 17.3. The van der Waals surface area contributed by atoms with Gasteiger partial charge in [0, 0.05) is 7.11 Å². The van der Waals surface area contributed by atoms with E-state index in [2.05, 4.69) is 0 Å². The number of carbonyl (C=O) groups is 1. The standard InChI is InChI=1S/C23H24N4O3/c1-14(13-29-3)30-23(28)19-20-22(26-18-12-8-7-11-17(18)25-20)27(21(19)24)15(2)16-9-5-4-6-10-16/h4-12,14-15H,13,24H2,1-3H3/t14-,15-/m1/s1. The number of nitrogens with two attached hydrogens (primary N) is 1. The third-order valence-corrected chi connectivity index (χ3v) is 5.12. The number of hydrogen-bond donors (Lipinski definition) is 1. The van der Waals surface area contributed by atoms with E-state index in [0.29, 0.717) is 23.3 Å². The molecule has 0 spiro atoms. The number of ether oxygens (including phenoxy) is 2. The highest BCUT2D eigenvalue weighted by Crippen LogP contribution is 2.33. The van der Waals surface area contributed by atoms with E-state index in [1.165, 1.54) is 0 Å². The van der Waals surface area contributed by atoms with Gasteiger partial charge in [-0.15, -0.1) is 0 Å². The quantitative estimate of drug-likeness (QED) is 0.489. The van der Waals surface area contributed by atoms with Crippen LogP contribution in [0.1, 0.15) is 35.8 Å². The minimum Gasteiger partial charge on any atom is -0.456 e. The van der Waals surface area contributed by atoms with Crippen LogP contribution in [0, 0.1) is 0 Å². The zero-order valence-electron chi connectivity index (χ0n) is 17.2. The Morgan fingerprint density at radius 2 is 1.67 bits per heavy atom. The highest BCUT2D eigenvalue weighted by atomic mass is 16.6. The summed E-state index contributed by atoms with van der Waals surface area (Å²) in [4.78, 5) is 22.5. The summed E-state index contributed by atoms with van der Waals surface area (Å²) < 4.78 is 12.5. The van der Waals surface area contributed by atoms with Crippen LogP contribution < -0.4 is 5.73 Å². The molecular weight excluding hydrogens is 380 g/mol. The van der Waals surface area contributed by atoms with Crippen molar-refractivity contribution in [3.05, 3.63) is 65.7 Å². The molecule has 154 valence electrons. The van der Waals surface area contributed by atoms with E-state index in [4.69, 9.17) is 25.2 Å². The molecule has 0 aliphatic rings. The molecule has 0 fully saturated rings. The average molecular weight is 404 g/mol. The van der Waals surface area contributed by atoms with Gasteiger partial charge in [-0.25, -0.2) is 14.8 Å². The van der Waals surface area contributed by atoms with Gasteiger partial charge < -0.3 is 19.8 Å². The van der Waals surface area contributed by atoms with Gasteiger partial charge in [-0.2, -0.15) is 0 Å². The lowest BCUT2D eigenvalue weighted by Gasteiger charge is -2.17. The second kappa shape index (κ2) is 8.12. The topological polar surface area (TPSA) is 92.3 Å². The van der Waals surface area contributed by atoms with Crippen LogP contribution in [0.2, 0.25) is 0 Å². The van der Waals surface area contributed by atoms with Crippen LogP contribution >= 0.6 is 0 Å². The number of hydrogen-bond acceptors (Lipinski definition) is 6. The lowest BCUT2D eigenvalue weighted by molar-refractivity contribution is 0.0123. The van der Waals surface area contributed by atoms with Gasteiger partial charge in [-0.05, 0) is 31.5 Å². The van der Waals surface area contributed by atoms with Crippen LogP contribution in [0.4, 0.5) is 5.82 Å². The fourth-order valence-corrected chi connectivity index (χ4v) is 3.67. The first-order chi connectivity index (χ1) is 14.5. The van der Waals surface area contributed by atoms with Crippen molar-refractivity contribution in [1.82, 2.24) is 14.5 Å². The van der Waals surface area contributed by atoms with E-state index in [1.807, 2.05) is 66.1 Å². The zero-order chi connectivity index (χ0) is 21.3. The maximum Gasteiger partial charge on any atom is 0.344 e. The monoisotopic (exact) mass is 404 g/mol. The number of aromatic nitrogens is 3. The molecule has 0 aliphatic heterocycles. The van der Waals surface area contributed by atoms with Crippen LogP contribution in [-0.4, -0.2) is 40.3 Å². The fraction of sp³-hybridized carbons (Fsp3) is 0.261. The Hall–Kier alpha value is -3.45. The fourth-order valence-electron chi connectivity index (χ4n) is 3.67. The number of methoxy groups -OCH3 is 1. The molecule has 4 rings (SSSR count). The number of fused-ring (bicyclic) bond motifs is 2. The van der Waals surface area contributed by atoms with Gasteiger partial charge >= 0.3 is 5.97 Å². The molecule has 2 aromatic heterocycles. The van der Waals surface area contributed by atoms with Gasteiger partial charge in [0.05, 0.1) is 23.7 Å². The third-order valence-electron chi connectivity index (χ3n) is 5.12. The van der Waals surface area contributed by atoms with E-state index in [0.717, 1.165) is 11.1 Å². The summed E-state index contributed by atoms with van der Waals surface area (Å²) in [7, 11) is 1.56. The molecule has 0 saturated heterocycles. The molecule has 0 saturated carbocycles. The summed E-state index contributed by atoms with van der Waals surface area (Å²) in [6.45, 7) is 4.08. The zero-order valence-corrected chi connectivity index (χ0v) is 17.2. The predicted octanol–water partition coefficient (Wildman–Crippen LogP) is 3.97. The van der Waals surface area contributed by atoms with Gasteiger partial charge in [-0.3, -0.25) is 0 Å². The SMILES string of the molecule is COC[C@@H](C)OC(=O)c1c(N)n([C@H](C)c2ccccc2)c2nc3ccccc3nc12. The lowest BCUT2D eigenvalue weighted by atomic mass is 10.1. The van der Waals surface area contributed by atoms with Crippen molar-refractivity contribution in [3.63, 3.8) is 0 Å². The molecule has 0 bridgehead atoms. The van der Waals surface area contributed by atoms with E-state index in [1.54, 1.807) is 14.0 Å². The van der Waals surface area contributed by atoms with E-state index in [9.17, 15) is 4.79 Å². The Balaban J connectivity index is 1.93. The third kappa shape index (κ3) is 3.48. The Kier molecular flexibility index (Phi) is 5.37. The van der Waals surface area contributed by atoms with Gasteiger partial charge in [0.2, 0.25) is 0 Å². The number of carbonyl (C=O) groups excluding carboxylic acids is 1. The first-order valence-corrected chi connectivity index (χ1v) is 9.82. The molecule has 0 radical (unpaired) electrons. The van der Waals surface area contributed by atoms with Crippen LogP contribution in [0.5, 0.6) is 0 Å². The molecule has 7 nitrogen and oxygen atoms in total. The summed E-state index contributed by atoms with van der Waals surface area (Å²) in [6.07, 6.45) is -0.416. The van der Waals surface area contributed by atoms with Crippen LogP contribution in [0.15, 0.2) is 54.6 Å². The first kappa shape index (κ1) is 19.8. The van der Waals surface area contributed by atoms with Crippen LogP contribution in [0.3, 0.4) is 0 Å². The Morgan fingerprint density at radius 3 is 2.33 bits per heavy atom. The summed E-state index contributed by atoms with van der Waals surface area (Å²) in [5, 5.41) is 0. The highest BCUT2D eigenvalue weighted by Gasteiger charge is 2.28. The highest BCUT2D eigenvalue weighted by molar-refractivity contribution is 6.08. The number of anilines is 1. The smallest absolute Gasteiger partial charge is 0.344 e. The normalized spacial score (nSPS) is 13.4. The van der Waals surface area contributed by atoms with E-state index < -0.39 is 12.1 Å². The van der Waals surface area contributed by atoms with Crippen LogP contribution in [0.25, 0.3) is 22.2 Å². The molecule has 2 aromatic carbocycles. The average Bonchev–Trinajstić information content (AvgIpc) is 3.03. The van der Waals surface area contributed by atoms with Crippen molar-refractivity contribution in [3.8, 4) is 0 Å². The molecular formula is C23H24N4O3. The number of nitrogens with zero attached hydrogens (tertiary/aromatic N) is 3. The molecule has 0 unspecified atom stereocenters. The number of benzene rings is 2. The summed E-state index contributed by atoms with van der Waals surface area (Å²) in [5.74, 6) is -0.253. The van der Waals surface area contributed by atoms with Crippen molar-refractivity contribution in [2.75, 3.05) is 19.5 Å². The molecule has 30 heavy (non-hydrogen) atoms. The van der Waals surface area contributed by atoms with Crippen molar-refractivity contribution < 1.29 is 14.3 Å². The number of rotatable bonds is 6. The summed E-state index contributed by atoms with van der Waals surface area (Å²) >= 11 is 0. The minimum absolute atomic E-state index is 0.151. The Bertz CT molecular complexity index is 1200. The van der Waals surface area contributed by atoms with Gasteiger partial charge in [-0.1, -0.05) is 42.5 Å². The number of esters is 1. The number of para-hydroxylation sites is 2. The van der Waals surface area contributed by atoms with E-state index >= 15 is 0 Å². The maximum atomic E-state index is 13.0. The Morgan fingerprint density at radius 1 is 1.03 bits per heavy atom.